The molecular weight excluding hydrogens is 1290 g/mol. The molecule has 14 aromatic rings. The molecule has 10 heteroatoms. The fourth-order valence-electron chi connectivity index (χ4n) is 13.9. The van der Waals surface area contributed by atoms with Crippen LogP contribution in [0, 0.1) is 0 Å². The molecule has 4 aliphatic heterocycles. The molecule has 16 bridgehead atoms. The van der Waals surface area contributed by atoms with Gasteiger partial charge in [0.25, 0.3) is 0 Å². The normalized spacial score (nSPS) is 12.0. The minimum atomic E-state index is 0. The van der Waals surface area contributed by atoms with Crippen LogP contribution in [0.2, 0.25) is 0 Å². The third kappa shape index (κ3) is 11.1. The predicted octanol–water partition coefficient (Wildman–Crippen LogP) is 21.1. The van der Waals surface area contributed by atoms with Crippen LogP contribution in [0.25, 0.3) is 193 Å². The summed E-state index contributed by atoms with van der Waals surface area (Å²) in [5, 5.41) is 0. The first kappa shape index (κ1) is 61.0. The average molecular weight is 1350 g/mol. The van der Waals surface area contributed by atoms with Crippen LogP contribution in [-0.2, 0) is 36.3 Å². The van der Waals surface area contributed by atoms with Crippen molar-refractivity contribution in [2.24, 2.45) is 0 Å². The summed E-state index contributed by atoms with van der Waals surface area (Å²) in [7, 11) is 0. The first-order chi connectivity index (χ1) is 47.6. The smallest absolute Gasteiger partial charge is 0.657 e. The maximum Gasteiger partial charge on any atom is 2.00 e. The Bertz CT molecular complexity index is 5860. The van der Waals surface area contributed by atoms with Crippen LogP contribution in [0.5, 0.6) is 0 Å². The molecule has 0 atom stereocenters. The Morgan fingerprint density at radius 1 is 0.184 bits per heavy atom. The van der Waals surface area contributed by atoms with Crippen molar-refractivity contribution in [1.29, 1.82) is 0 Å². The molecule has 0 saturated carbocycles. The zero-order chi connectivity index (χ0) is 63.5. The molecule has 4 aliphatic rings. The number of benzene rings is 8. The van der Waals surface area contributed by atoms with Gasteiger partial charge in [-0.1, -0.05) is 279 Å². The van der Waals surface area contributed by atoms with Crippen molar-refractivity contribution in [3.63, 3.8) is 0 Å². The largest absolute Gasteiger partial charge is 2.00 e. The van der Waals surface area contributed by atoms with E-state index >= 15 is 0 Å². The second-order valence-electron chi connectivity index (χ2n) is 24.1. The van der Waals surface area contributed by atoms with Crippen molar-refractivity contribution < 1.29 is 36.3 Å². The van der Waals surface area contributed by atoms with E-state index in [0.717, 1.165) is 190 Å². The average Bonchev–Trinajstić information content (AvgIpc) is 1.61. The van der Waals surface area contributed by atoms with Gasteiger partial charge in [0.1, 0.15) is 0 Å². The Kier molecular flexibility index (Phi) is 16.2. The maximum atomic E-state index is 5.85. The van der Waals surface area contributed by atoms with Crippen LogP contribution in [0.15, 0.2) is 279 Å². The summed E-state index contributed by atoms with van der Waals surface area (Å²) >= 11 is 0. The van der Waals surface area contributed by atoms with Gasteiger partial charge in [0, 0.05) is 0 Å². The van der Waals surface area contributed by atoms with Crippen LogP contribution in [0.1, 0.15) is 45.6 Å². The Morgan fingerprint density at radius 2 is 0.378 bits per heavy atom. The van der Waals surface area contributed by atoms with E-state index in [0.29, 0.717) is 0 Å². The molecule has 98 heavy (non-hydrogen) atoms. The number of fused-ring (bicyclic) bond motifs is 16. The van der Waals surface area contributed by atoms with E-state index in [2.05, 4.69) is 297 Å². The van der Waals surface area contributed by atoms with Gasteiger partial charge >= 0.3 is 36.3 Å². The number of aromatic nitrogens is 8. The van der Waals surface area contributed by atoms with Gasteiger partial charge in [-0.2, -0.15) is 0 Å². The zero-order valence-electron chi connectivity index (χ0n) is 52.8. The summed E-state index contributed by atoms with van der Waals surface area (Å²) < 4.78 is 0. The van der Waals surface area contributed by atoms with Gasteiger partial charge in [0.2, 0.25) is 0 Å². The van der Waals surface area contributed by atoms with Crippen molar-refractivity contribution in [2.45, 2.75) is 0 Å². The van der Waals surface area contributed by atoms with Gasteiger partial charge in [-0.05, 0) is 149 Å². The predicted molar refractivity (Wildman–Crippen MR) is 396 cm³/mol. The van der Waals surface area contributed by atoms with Gasteiger partial charge in [-0.15, -0.1) is 44.1 Å². The number of rotatable bonds is 9. The molecule has 8 nitrogen and oxygen atoms in total. The van der Waals surface area contributed by atoms with E-state index in [4.69, 9.17) is 39.9 Å². The summed E-state index contributed by atoms with van der Waals surface area (Å²) in [6.45, 7) is 0. The van der Waals surface area contributed by atoms with E-state index in [9.17, 15) is 0 Å². The number of hydrogen-bond acceptors (Lipinski definition) is 4. The van der Waals surface area contributed by atoms with Crippen LogP contribution in [-0.4, -0.2) is 19.9 Å². The minimum Gasteiger partial charge on any atom is -0.657 e. The van der Waals surface area contributed by atoms with Gasteiger partial charge < -0.3 is 19.9 Å². The molecule has 18 rings (SSSR count). The number of nitrogens with zero attached hydrogens (tertiary/aromatic N) is 8. The molecule has 0 fully saturated rings. The van der Waals surface area contributed by atoms with E-state index < -0.39 is 0 Å². The molecular formula is C88H54CoN8Zn. The summed E-state index contributed by atoms with van der Waals surface area (Å²) in [6.07, 6.45) is 17.0. The maximum absolute atomic E-state index is 5.85. The second kappa shape index (κ2) is 26.0. The van der Waals surface area contributed by atoms with Gasteiger partial charge in [0.15, 0.2) is 0 Å². The SMILES string of the molecule is C1=Cc2nc1c(-c1ccccc1)c1ccc([n-]1)c(-c1ccccc1)c1nc(c(-c3ccc(-c4cc5[n-]c4c(-c4ccccc4)c4nc(c(-c6ccccc6)c6ccc([n-]6)c(-c6ccccc6)c6nc(c5-c5ccccc5)C=C6)C=C4)cc3)c3ccc([n-]3)c2-c2ccccc2)C=C1.[Co+2].[Zn+2]. The second-order valence-corrected chi connectivity index (χ2v) is 24.1. The van der Waals surface area contributed by atoms with Crippen LogP contribution in [0.4, 0.5) is 0 Å². The Hall–Kier alpha value is -11.9. The van der Waals surface area contributed by atoms with Crippen molar-refractivity contribution in [1.82, 2.24) is 39.9 Å². The van der Waals surface area contributed by atoms with Crippen molar-refractivity contribution in [2.75, 3.05) is 0 Å². The monoisotopic (exact) mass is 1350 g/mol. The minimum absolute atomic E-state index is 0. The molecule has 0 amide bonds. The first-order valence-corrected chi connectivity index (χ1v) is 32.2. The van der Waals surface area contributed by atoms with Crippen molar-refractivity contribution >= 4 is 92.7 Å². The molecule has 8 aromatic carbocycles. The summed E-state index contributed by atoms with van der Waals surface area (Å²) in [6, 6.07) is 97.0. The Balaban J connectivity index is 0.00000376. The quantitative estimate of drug-likeness (QED) is 0.132. The van der Waals surface area contributed by atoms with Gasteiger partial charge in [-0.3, -0.25) is 0 Å². The van der Waals surface area contributed by atoms with Crippen molar-refractivity contribution in [3.8, 4) is 100 Å². The van der Waals surface area contributed by atoms with E-state index in [1.165, 1.54) is 0 Å². The molecule has 0 unspecified atom stereocenters. The molecule has 0 N–H and O–H groups in total. The topological polar surface area (TPSA) is 108 Å². The molecule has 10 heterocycles. The standard InChI is InChI=1S/C88H54N8.Co.Zn/c1-8-22-56(23-9-1)80-65-40-42-67(89-65)81(57-24-10-2-11-25-57)70-46-48-75(92-70)85(76-49-47-71(93-76)82(58-26-12-3-13-27-58)68-43-41-66(80)90-68)63-38-36-55(37-39-63)64-54-79-86(61-32-18-6-19-33-61)77-51-50-73(94-77)83(59-28-14-4-15-29-59)69-44-45-72(91-69)84(60-30-16-5-17-31-60)74-52-53-78(95-74)87(88(64)96-79)62-34-20-7-21-35-62;;/h1-54H;;/q-4;2*+2. The third-order valence-electron chi connectivity index (χ3n) is 18.2. The van der Waals surface area contributed by atoms with E-state index in [1.807, 2.05) is 30.3 Å². The summed E-state index contributed by atoms with van der Waals surface area (Å²) in [5.74, 6) is 0. The van der Waals surface area contributed by atoms with Gasteiger partial charge in [0.05, 0.1) is 45.6 Å². The molecule has 1 radical (unpaired) electrons. The molecule has 0 saturated heterocycles. The van der Waals surface area contributed by atoms with E-state index in [1.54, 1.807) is 0 Å². The van der Waals surface area contributed by atoms with Crippen LogP contribution < -0.4 is 19.9 Å². The molecule has 6 aromatic heterocycles. The van der Waals surface area contributed by atoms with Crippen LogP contribution in [0.3, 0.4) is 0 Å². The molecule has 0 spiro atoms. The zero-order valence-corrected chi connectivity index (χ0v) is 56.8. The third-order valence-corrected chi connectivity index (χ3v) is 18.2. The first-order valence-electron chi connectivity index (χ1n) is 32.2. The fraction of sp³-hybridized carbons (Fsp3) is 0. The summed E-state index contributed by atoms with van der Waals surface area (Å²) in [5.41, 5.74) is 29.9. The van der Waals surface area contributed by atoms with Crippen molar-refractivity contribution in [3.05, 3.63) is 325 Å². The molecule has 457 valence electrons. The summed E-state index contributed by atoms with van der Waals surface area (Å²) in [4.78, 5) is 44.8. The molecule has 0 aliphatic carbocycles. The van der Waals surface area contributed by atoms with Crippen LogP contribution >= 0.6 is 0 Å². The Labute approximate surface area is 589 Å². The van der Waals surface area contributed by atoms with Gasteiger partial charge in [-0.25, -0.2) is 19.9 Å². The fourth-order valence-corrected chi connectivity index (χ4v) is 13.9. The Morgan fingerprint density at radius 3 is 0.622 bits per heavy atom. The van der Waals surface area contributed by atoms with E-state index in [-0.39, 0.29) is 36.3 Å². The number of hydrogen-bond donors (Lipinski definition) is 0.